The molecule has 2 amide bonds. The van der Waals surface area contributed by atoms with Crippen LogP contribution in [-0.2, 0) is 23.3 Å². The Morgan fingerprint density at radius 2 is 1.72 bits per heavy atom. The Morgan fingerprint density at radius 3 is 2.39 bits per heavy atom. The Bertz CT molecular complexity index is 1230. The number of hydrogen-bond donors (Lipinski definition) is 0. The molecular formula is C29H32N2O4S. The third-order valence-electron chi connectivity index (χ3n) is 6.64. The van der Waals surface area contributed by atoms with Gasteiger partial charge in [-0.15, -0.1) is 11.3 Å². The lowest BCUT2D eigenvalue weighted by molar-refractivity contribution is -0.133. The molecule has 1 aliphatic heterocycles. The molecule has 0 spiro atoms. The van der Waals surface area contributed by atoms with Gasteiger partial charge in [-0.2, -0.15) is 0 Å². The smallest absolute Gasteiger partial charge is 0.254 e. The molecule has 7 heteroatoms. The van der Waals surface area contributed by atoms with Crippen molar-refractivity contribution in [3.63, 3.8) is 0 Å². The molecule has 0 unspecified atom stereocenters. The van der Waals surface area contributed by atoms with Gasteiger partial charge in [0.1, 0.15) is 6.54 Å². The first kappa shape index (κ1) is 24.4. The van der Waals surface area contributed by atoms with Crippen molar-refractivity contribution in [3.8, 4) is 11.5 Å². The molecule has 188 valence electrons. The van der Waals surface area contributed by atoms with Gasteiger partial charge in [0.15, 0.2) is 11.5 Å². The fourth-order valence-electron chi connectivity index (χ4n) is 4.36. The summed E-state index contributed by atoms with van der Waals surface area (Å²) in [5.41, 5.74) is 2.79. The summed E-state index contributed by atoms with van der Waals surface area (Å²) >= 11 is 1.62. The number of carbonyl (C=O) groups is 2. The molecule has 36 heavy (non-hydrogen) atoms. The van der Waals surface area contributed by atoms with Crippen molar-refractivity contribution in [1.82, 2.24) is 9.80 Å². The van der Waals surface area contributed by atoms with E-state index in [1.165, 1.54) is 5.56 Å². The molecular weight excluding hydrogens is 472 g/mol. The van der Waals surface area contributed by atoms with Gasteiger partial charge >= 0.3 is 0 Å². The highest BCUT2D eigenvalue weighted by atomic mass is 32.1. The summed E-state index contributed by atoms with van der Waals surface area (Å²) in [7, 11) is 0. The van der Waals surface area contributed by atoms with Crippen molar-refractivity contribution in [2.45, 2.75) is 58.2 Å². The van der Waals surface area contributed by atoms with Gasteiger partial charge in [-0.1, -0.05) is 45.0 Å². The zero-order valence-corrected chi connectivity index (χ0v) is 21.8. The van der Waals surface area contributed by atoms with Crippen LogP contribution in [0.25, 0.3) is 0 Å². The van der Waals surface area contributed by atoms with Crippen molar-refractivity contribution in [1.29, 1.82) is 0 Å². The maximum absolute atomic E-state index is 13.7. The van der Waals surface area contributed by atoms with Gasteiger partial charge in [0, 0.05) is 23.0 Å². The van der Waals surface area contributed by atoms with Crippen molar-refractivity contribution in [3.05, 3.63) is 81.5 Å². The Morgan fingerprint density at radius 1 is 0.972 bits per heavy atom. The summed E-state index contributed by atoms with van der Waals surface area (Å²) < 4.78 is 11.0. The molecule has 0 saturated heterocycles. The van der Waals surface area contributed by atoms with Crippen LogP contribution in [-0.4, -0.2) is 41.0 Å². The second kappa shape index (κ2) is 9.97. The molecule has 1 fully saturated rings. The van der Waals surface area contributed by atoms with Crippen LogP contribution in [0.4, 0.5) is 0 Å². The molecule has 2 aliphatic rings. The van der Waals surface area contributed by atoms with Crippen LogP contribution in [0.2, 0.25) is 0 Å². The van der Waals surface area contributed by atoms with Crippen LogP contribution in [0.15, 0.2) is 60.0 Å². The summed E-state index contributed by atoms with van der Waals surface area (Å²) in [6.45, 7) is 7.68. The van der Waals surface area contributed by atoms with Gasteiger partial charge in [0.2, 0.25) is 12.7 Å². The standard InChI is InChI=1S/C29H32N2O4S/c1-29(2,3)22-9-7-21(8-10-22)28(33)31(23-11-12-23)18-27(32)30(17-24-5-4-14-36-24)16-20-6-13-25-26(15-20)35-19-34-25/h4-10,13-15,23H,11-12,16-19H2,1-3H3. The van der Waals surface area contributed by atoms with Gasteiger partial charge in [-0.25, -0.2) is 0 Å². The Labute approximate surface area is 216 Å². The molecule has 6 nitrogen and oxygen atoms in total. The number of amides is 2. The van der Waals surface area contributed by atoms with E-state index < -0.39 is 0 Å². The van der Waals surface area contributed by atoms with Crippen LogP contribution in [0, 0.1) is 0 Å². The van der Waals surface area contributed by atoms with Gasteiger partial charge in [0.25, 0.3) is 5.91 Å². The highest BCUT2D eigenvalue weighted by Crippen LogP contribution is 2.33. The average molecular weight is 505 g/mol. The molecule has 0 atom stereocenters. The molecule has 2 heterocycles. The Kier molecular flexibility index (Phi) is 6.75. The predicted molar refractivity (Wildman–Crippen MR) is 140 cm³/mol. The SMILES string of the molecule is CC(C)(C)c1ccc(C(=O)N(CC(=O)N(Cc2ccc3c(c2)OCO3)Cc2cccs2)C2CC2)cc1. The third-order valence-corrected chi connectivity index (χ3v) is 7.50. The number of hydrogen-bond acceptors (Lipinski definition) is 5. The number of ether oxygens (including phenoxy) is 2. The van der Waals surface area contributed by atoms with Crippen molar-refractivity contribution in [2.24, 2.45) is 0 Å². The highest BCUT2D eigenvalue weighted by Gasteiger charge is 2.35. The minimum atomic E-state index is -0.0783. The number of rotatable bonds is 8. The minimum Gasteiger partial charge on any atom is -0.454 e. The first-order chi connectivity index (χ1) is 17.3. The zero-order chi connectivity index (χ0) is 25.3. The maximum atomic E-state index is 13.7. The molecule has 1 saturated carbocycles. The second-order valence-corrected chi connectivity index (χ2v) is 11.5. The minimum absolute atomic E-state index is 0.0186. The predicted octanol–water partition coefficient (Wildman–Crippen LogP) is 5.61. The van der Waals surface area contributed by atoms with E-state index in [2.05, 4.69) is 20.8 Å². The van der Waals surface area contributed by atoms with Crippen molar-refractivity contribution >= 4 is 23.2 Å². The van der Waals surface area contributed by atoms with Gasteiger partial charge < -0.3 is 19.3 Å². The maximum Gasteiger partial charge on any atom is 0.254 e. The van der Waals surface area contributed by atoms with Crippen LogP contribution in [0.5, 0.6) is 11.5 Å². The first-order valence-corrected chi connectivity index (χ1v) is 13.3. The number of fused-ring (bicyclic) bond motifs is 1. The molecule has 5 rings (SSSR count). The van der Waals surface area contributed by atoms with E-state index in [1.54, 1.807) is 16.2 Å². The van der Waals surface area contributed by atoms with Crippen LogP contribution >= 0.6 is 11.3 Å². The third kappa shape index (κ3) is 5.57. The quantitative estimate of drug-likeness (QED) is 0.400. The number of carbonyl (C=O) groups excluding carboxylic acids is 2. The molecule has 3 aromatic rings. The molecule has 0 N–H and O–H groups in total. The lowest BCUT2D eigenvalue weighted by Gasteiger charge is -2.28. The number of benzene rings is 2. The fraction of sp³-hybridized carbons (Fsp3) is 0.379. The van der Waals surface area contributed by atoms with E-state index in [-0.39, 0.29) is 36.6 Å². The average Bonchev–Trinajstić information content (AvgIpc) is 3.36. The van der Waals surface area contributed by atoms with E-state index in [4.69, 9.17) is 9.47 Å². The topological polar surface area (TPSA) is 59.1 Å². The number of nitrogens with zero attached hydrogens (tertiary/aromatic N) is 2. The Hall–Kier alpha value is -3.32. The lowest BCUT2D eigenvalue weighted by atomic mass is 9.86. The summed E-state index contributed by atoms with van der Waals surface area (Å²) in [6, 6.07) is 17.7. The van der Waals surface area contributed by atoms with E-state index in [0.717, 1.165) is 29.0 Å². The normalized spacial score (nSPS) is 14.5. The number of thiophene rings is 1. The van der Waals surface area contributed by atoms with E-state index in [9.17, 15) is 9.59 Å². The fourth-order valence-corrected chi connectivity index (χ4v) is 5.08. The summed E-state index contributed by atoms with van der Waals surface area (Å²) in [5, 5.41) is 2.01. The van der Waals surface area contributed by atoms with Gasteiger partial charge in [0.05, 0.1) is 6.54 Å². The first-order valence-electron chi connectivity index (χ1n) is 12.4. The van der Waals surface area contributed by atoms with Crippen LogP contribution < -0.4 is 9.47 Å². The summed E-state index contributed by atoms with van der Waals surface area (Å²) in [6.07, 6.45) is 1.87. The largest absolute Gasteiger partial charge is 0.454 e. The lowest BCUT2D eigenvalue weighted by Crippen LogP contribution is -2.43. The molecule has 0 radical (unpaired) electrons. The monoisotopic (exact) mass is 504 g/mol. The van der Waals surface area contributed by atoms with Crippen LogP contribution in [0.1, 0.15) is 60.0 Å². The molecule has 1 aliphatic carbocycles. The molecule has 0 bridgehead atoms. The van der Waals surface area contributed by atoms with Crippen LogP contribution in [0.3, 0.4) is 0 Å². The van der Waals surface area contributed by atoms with Crippen molar-refractivity contribution in [2.75, 3.05) is 13.3 Å². The highest BCUT2D eigenvalue weighted by molar-refractivity contribution is 7.09. The van der Waals surface area contributed by atoms with E-state index in [0.29, 0.717) is 24.4 Å². The van der Waals surface area contributed by atoms with Gasteiger partial charge in [-0.3, -0.25) is 9.59 Å². The van der Waals surface area contributed by atoms with Gasteiger partial charge in [-0.05, 0) is 65.1 Å². The Balaban J connectivity index is 1.34. The summed E-state index contributed by atoms with van der Waals surface area (Å²) in [4.78, 5) is 31.8. The molecule has 2 aromatic carbocycles. The van der Waals surface area contributed by atoms with E-state index >= 15 is 0 Å². The van der Waals surface area contributed by atoms with Crippen molar-refractivity contribution < 1.29 is 19.1 Å². The summed E-state index contributed by atoms with van der Waals surface area (Å²) in [5.74, 6) is 1.28. The zero-order valence-electron chi connectivity index (χ0n) is 21.0. The second-order valence-electron chi connectivity index (χ2n) is 10.5. The molecule has 1 aromatic heterocycles. The van der Waals surface area contributed by atoms with E-state index in [1.807, 2.05) is 64.9 Å².